The number of anilines is 3. The average molecular weight is 582 g/mol. The second-order valence-corrected chi connectivity index (χ2v) is 11.9. The van der Waals surface area contributed by atoms with Crippen molar-refractivity contribution in [2.45, 2.75) is 16.2 Å². The standard InChI is InChI=1S/C26H23N5O7S2/c32-25(29-19-7-9-21(10-8-19)39(33,34)31-26-27-13-1-14-28-26)18-3-5-20(6-4-18)30-40(35,36)22-11-12-23-24(17-22)38-16-2-15-37-23/h1,3-14,17,30H,2,15-16H2,(H,29,32)(H,27,28,31). The third-order valence-electron chi connectivity index (χ3n) is 5.64. The minimum Gasteiger partial charge on any atom is -0.490 e. The first-order valence-corrected chi connectivity index (χ1v) is 14.9. The van der Waals surface area contributed by atoms with Gasteiger partial charge in [-0.15, -0.1) is 0 Å². The smallest absolute Gasteiger partial charge is 0.264 e. The third kappa shape index (κ3) is 6.30. The van der Waals surface area contributed by atoms with Crippen molar-refractivity contribution in [2.75, 3.05) is 28.0 Å². The lowest BCUT2D eigenvalue weighted by Gasteiger charge is -2.12. The largest absolute Gasteiger partial charge is 0.490 e. The van der Waals surface area contributed by atoms with Crippen LogP contribution in [0.2, 0.25) is 0 Å². The maximum Gasteiger partial charge on any atom is 0.264 e. The molecular weight excluding hydrogens is 558 g/mol. The van der Waals surface area contributed by atoms with Crippen LogP contribution in [0.15, 0.2) is 95.0 Å². The molecule has 0 atom stereocenters. The van der Waals surface area contributed by atoms with Crippen molar-refractivity contribution in [1.82, 2.24) is 9.97 Å². The van der Waals surface area contributed by atoms with Crippen LogP contribution >= 0.6 is 0 Å². The summed E-state index contributed by atoms with van der Waals surface area (Å²) in [6.45, 7) is 0.921. The number of benzene rings is 3. The maximum atomic E-state index is 12.9. The van der Waals surface area contributed by atoms with E-state index in [0.717, 1.165) is 0 Å². The van der Waals surface area contributed by atoms with E-state index in [4.69, 9.17) is 9.47 Å². The summed E-state index contributed by atoms with van der Waals surface area (Å²) in [6, 6.07) is 17.3. The lowest BCUT2D eigenvalue weighted by atomic mass is 10.2. The van der Waals surface area contributed by atoms with E-state index in [1.165, 1.54) is 73.1 Å². The Kier molecular flexibility index (Phi) is 7.53. The molecule has 3 aromatic carbocycles. The molecule has 12 nitrogen and oxygen atoms in total. The first-order valence-electron chi connectivity index (χ1n) is 11.9. The van der Waals surface area contributed by atoms with Crippen LogP contribution in [0.1, 0.15) is 16.8 Å². The van der Waals surface area contributed by atoms with Gasteiger partial charge < -0.3 is 14.8 Å². The number of nitrogens with zero attached hydrogens (tertiary/aromatic N) is 2. The van der Waals surface area contributed by atoms with Gasteiger partial charge in [0.05, 0.1) is 23.0 Å². The average Bonchev–Trinajstić information content (AvgIpc) is 3.19. The molecule has 40 heavy (non-hydrogen) atoms. The first kappa shape index (κ1) is 26.9. The molecule has 0 aliphatic carbocycles. The van der Waals surface area contributed by atoms with Gasteiger partial charge in [0, 0.05) is 41.8 Å². The molecule has 1 aliphatic rings. The van der Waals surface area contributed by atoms with Gasteiger partial charge in [0.15, 0.2) is 11.5 Å². The molecular formula is C26H23N5O7S2. The number of fused-ring (bicyclic) bond motifs is 1. The van der Waals surface area contributed by atoms with Gasteiger partial charge in [0.25, 0.3) is 26.0 Å². The summed E-state index contributed by atoms with van der Waals surface area (Å²) in [7, 11) is -7.84. The zero-order valence-electron chi connectivity index (χ0n) is 20.8. The number of hydrogen-bond acceptors (Lipinski definition) is 9. The molecule has 14 heteroatoms. The highest BCUT2D eigenvalue weighted by Crippen LogP contribution is 2.32. The molecule has 206 valence electrons. The molecule has 0 saturated heterocycles. The summed E-state index contributed by atoms with van der Waals surface area (Å²) in [5, 5.41) is 2.67. The summed E-state index contributed by atoms with van der Waals surface area (Å²) < 4.78 is 66.7. The molecule has 3 N–H and O–H groups in total. The highest BCUT2D eigenvalue weighted by molar-refractivity contribution is 7.93. The number of sulfonamides is 2. The Balaban J connectivity index is 1.22. The van der Waals surface area contributed by atoms with Gasteiger partial charge in [-0.05, 0) is 66.7 Å². The van der Waals surface area contributed by atoms with Gasteiger partial charge >= 0.3 is 0 Å². The van der Waals surface area contributed by atoms with Crippen molar-refractivity contribution in [3.05, 3.63) is 90.8 Å². The minimum absolute atomic E-state index is 0.00975. The number of amides is 1. The van der Waals surface area contributed by atoms with Crippen LogP contribution in [0.25, 0.3) is 0 Å². The molecule has 0 radical (unpaired) electrons. The Morgan fingerprint density at radius 3 is 2.00 bits per heavy atom. The molecule has 4 aromatic rings. The van der Waals surface area contributed by atoms with E-state index in [9.17, 15) is 21.6 Å². The minimum atomic E-state index is -3.92. The van der Waals surface area contributed by atoms with E-state index in [0.29, 0.717) is 36.8 Å². The van der Waals surface area contributed by atoms with Gasteiger partial charge in [-0.2, -0.15) is 0 Å². The number of carbonyl (C=O) groups is 1. The number of rotatable bonds is 8. The number of ether oxygens (including phenoxy) is 2. The second-order valence-electron chi connectivity index (χ2n) is 8.50. The van der Waals surface area contributed by atoms with Crippen LogP contribution in [0.3, 0.4) is 0 Å². The van der Waals surface area contributed by atoms with Crippen molar-refractivity contribution >= 4 is 43.3 Å². The Bertz CT molecular complexity index is 1730. The Morgan fingerprint density at radius 2 is 1.30 bits per heavy atom. The van der Waals surface area contributed by atoms with E-state index >= 15 is 0 Å². The number of aromatic nitrogens is 2. The second kappa shape index (κ2) is 11.2. The molecule has 0 fully saturated rings. The maximum absolute atomic E-state index is 12.9. The van der Waals surface area contributed by atoms with E-state index in [1.807, 2.05) is 0 Å². The third-order valence-corrected chi connectivity index (χ3v) is 8.37. The van der Waals surface area contributed by atoms with Gasteiger partial charge in [-0.1, -0.05) is 0 Å². The predicted octanol–water partition coefficient (Wildman–Crippen LogP) is 3.49. The predicted molar refractivity (Wildman–Crippen MR) is 147 cm³/mol. The van der Waals surface area contributed by atoms with Crippen molar-refractivity contribution in [3.8, 4) is 11.5 Å². The zero-order chi connectivity index (χ0) is 28.2. The Morgan fingerprint density at radius 1 is 0.700 bits per heavy atom. The van der Waals surface area contributed by atoms with E-state index < -0.39 is 26.0 Å². The summed E-state index contributed by atoms with van der Waals surface area (Å²) in [5.41, 5.74) is 0.880. The summed E-state index contributed by atoms with van der Waals surface area (Å²) in [5.74, 6) is 0.317. The van der Waals surface area contributed by atoms with Crippen molar-refractivity contribution < 1.29 is 31.1 Å². The molecule has 0 saturated carbocycles. The van der Waals surface area contributed by atoms with Crippen molar-refractivity contribution in [1.29, 1.82) is 0 Å². The summed E-state index contributed by atoms with van der Waals surface area (Å²) >= 11 is 0. The number of hydrogen-bond donors (Lipinski definition) is 3. The molecule has 1 aromatic heterocycles. The highest BCUT2D eigenvalue weighted by Gasteiger charge is 2.20. The highest BCUT2D eigenvalue weighted by atomic mass is 32.2. The molecule has 0 spiro atoms. The van der Waals surface area contributed by atoms with Gasteiger partial charge in [-0.3, -0.25) is 9.52 Å². The van der Waals surface area contributed by atoms with Crippen LogP contribution in [-0.4, -0.2) is 45.9 Å². The first-order chi connectivity index (χ1) is 19.2. The quantitative estimate of drug-likeness (QED) is 0.282. The normalized spacial score (nSPS) is 13.1. The fraction of sp³-hybridized carbons (Fsp3) is 0.115. The van der Waals surface area contributed by atoms with Crippen molar-refractivity contribution in [3.63, 3.8) is 0 Å². The lowest BCUT2D eigenvalue weighted by Crippen LogP contribution is -2.15. The van der Waals surface area contributed by atoms with Crippen molar-refractivity contribution in [2.24, 2.45) is 0 Å². The van der Waals surface area contributed by atoms with Crippen LogP contribution in [-0.2, 0) is 20.0 Å². The molecule has 1 amide bonds. The number of nitrogens with one attached hydrogen (secondary N) is 3. The van der Waals surface area contributed by atoms with Crippen LogP contribution < -0.4 is 24.2 Å². The van der Waals surface area contributed by atoms with Gasteiger partial charge in [0.2, 0.25) is 5.95 Å². The molecule has 0 unspecified atom stereocenters. The fourth-order valence-corrected chi connectivity index (χ4v) is 5.70. The van der Waals surface area contributed by atoms with Crippen LogP contribution in [0, 0.1) is 0 Å². The molecule has 1 aliphatic heterocycles. The fourth-order valence-electron chi connectivity index (χ4n) is 3.67. The van der Waals surface area contributed by atoms with Crippen LogP contribution in [0.4, 0.5) is 17.3 Å². The SMILES string of the molecule is O=C(Nc1ccc(S(=O)(=O)Nc2ncccn2)cc1)c1ccc(NS(=O)(=O)c2ccc3c(c2)OCCCO3)cc1. The topological polar surface area (TPSA) is 166 Å². The lowest BCUT2D eigenvalue weighted by molar-refractivity contribution is 0.102. The monoisotopic (exact) mass is 581 g/mol. The number of carbonyl (C=O) groups excluding carboxylic acids is 1. The summed E-state index contributed by atoms with van der Waals surface area (Å²) in [6.07, 6.45) is 3.52. The Hall–Kier alpha value is -4.69. The van der Waals surface area contributed by atoms with Gasteiger partial charge in [-0.25, -0.2) is 31.5 Å². The van der Waals surface area contributed by atoms with Gasteiger partial charge in [0.1, 0.15) is 0 Å². The van der Waals surface area contributed by atoms with E-state index in [2.05, 4.69) is 24.7 Å². The zero-order valence-corrected chi connectivity index (χ0v) is 22.4. The van der Waals surface area contributed by atoms with E-state index in [1.54, 1.807) is 12.1 Å². The Labute approximate surface area is 230 Å². The molecule has 0 bridgehead atoms. The van der Waals surface area contributed by atoms with Crippen LogP contribution in [0.5, 0.6) is 11.5 Å². The molecule has 2 heterocycles. The molecule has 5 rings (SSSR count). The van der Waals surface area contributed by atoms with E-state index in [-0.39, 0.29) is 27.0 Å². The summed E-state index contributed by atoms with van der Waals surface area (Å²) in [4.78, 5) is 20.3.